The molecule has 1 saturated heterocycles. The average molecular weight is 610 g/mol. The van der Waals surface area contributed by atoms with Gasteiger partial charge in [0.05, 0.1) is 19.8 Å². The summed E-state index contributed by atoms with van der Waals surface area (Å²) in [6.45, 7) is 2.01. The second-order valence-electron chi connectivity index (χ2n) is 9.85. The summed E-state index contributed by atoms with van der Waals surface area (Å²) in [6.07, 6.45) is -0.328. The van der Waals surface area contributed by atoms with E-state index in [-0.39, 0.29) is 24.8 Å². The van der Waals surface area contributed by atoms with Gasteiger partial charge < -0.3 is 24.2 Å². The van der Waals surface area contributed by atoms with Gasteiger partial charge in [-0.2, -0.15) is 0 Å². The Hall–Kier alpha value is -3.79. The van der Waals surface area contributed by atoms with Crippen LogP contribution < -0.4 is 4.74 Å². The number of carbonyl (C=O) groups is 1. The highest BCUT2D eigenvalue weighted by Crippen LogP contribution is 2.46. The van der Waals surface area contributed by atoms with E-state index < -0.39 is 11.6 Å². The lowest BCUT2D eigenvalue weighted by Gasteiger charge is -2.37. The van der Waals surface area contributed by atoms with Gasteiger partial charge in [-0.15, -0.1) is 0 Å². The van der Waals surface area contributed by atoms with E-state index in [9.17, 15) is 10.3 Å². The molecule has 0 aromatic heterocycles. The zero-order chi connectivity index (χ0) is 29.5. The van der Waals surface area contributed by atoms with Crippen molar-refractivity contribution in [2.45, 2.75) is 24.5 Å². The van der Waals surface area contributed by atoms with Crippen molar-refractivity contribution in [3.63, 3.8) is 0 Å². The molecular weight excluding hydrogens is 581 g/mol. The number of hydrogen-bond acceptors (Lipinski definition) is 7. The SMILES string of the molecule is [N-]=[N+]=Nc1ccccc1C[C@@]1(C(=O)N2CCOCC2)N=C(c2ccc(OCCCO)cc2)O[C@@H]1c1ccc(Cl)cc1Cl. The van der Waals surface area contributed by atoms with Crippen molar-refractivity contribution in [3.8, 4) is 5.75 Å². The van der Waals surface area contributed by atoms with Crippen molar-refractivity contribution >= 4 is 40.7 Å². The van der Waals surface area contributed by atoms with Gasteiger partial charge in [-0.3, -0.25) is 4.79 Å². The summed E-state index contributed by atoms with van der Waals surface area (Å²) < 4.78 is 17.7. The van der Waals surface area contributed by atoms with Crippen LogP contribution in [0, 0.1) is 0 Å². The molecule has 1 amide bonds. The molecule has 1 N–H and O–H groups in total. The third kappa shape index (κ3) is 6.33. The number of morpholine rings is 1. The predicted molar refractivity (Wildman–Crippen MR) is 160 cm³/mol. The van der Waals surface area contributed by atoms with Crippen molar-refractivity contribution in [2.24, 2.45) is 10.1 Å². The number of nitrogens with zero attached hydrogens (tertiary/aromatic N) is 5. The molecule has 0 unspecified atom stereocenters. The third-order valence-corrected chi connectivity index (χ3v) is 7.72. The molecule has 2 aliphatic rings. The van der Waals surface area contributed by atoms with Crippen LogP contribution in [-0.2, 0) is 20.7 Å². The van der Waals surface area contributed by atoms with Crippen molar-refractivity contribution in [1.29, 1.82) is 0 Å². The van der Waals surface area contributed by atoms with Crippen LogP contribution in [-0.4, -0.2) is 66.9 Å². The molecule has 42 heavy (non-hydrogen) atoms. The Kier molecular flexibility index (Phi) is 9.51. The van der Waals surface area contributed by atoms with Gasteiger partial charge in [0.2, 0.25) is 5.90 Å². The number of rotatable bonds is 10. The molecule has 3 aromatic rings. The van der Waals surface area contributed by atoms with E-state index in [4.69, 9.17) is 47.5 Å². The molecule has 1 fully saturated rings. The van der Waals surface area contributed by atoms with Gasteiger partial charge in [-0.1, -0.05) is 58.6 Å². The third-order valence-electron chi connectivity index (χ3n) is 7.15. The van der Waals surface area contributed by atoms with Gasteiger partial charge in [0, 0.05) is 64.3 Å². The summed E-state index contributed by atoms with van der Waals surface area (Å²) in [6, 6.07) is 19.3. The maximum Gasteiger partial charge on any atom is 0.255 e. The summed E-state index contributed by atoms with van der Waals surface area (Å²) >= 11 is 13.0. The van der Waals surface area contributed by atoms with E-state index in [0.717, 1.165) is 0 Å². The molecule has 0 saturated carbocycles. The summed E-state index contributed by atoms with van der Waals surface area (Å²) in [7, 11) is 0. The molecule has 0 aliphatic carbocycles. The quantitative estimate of drug-likeness (QED) is 0.129. The van der Waals surface area contributed by atoms with Crippen LogP contribution in [0.15, 0.2) is 76.8 Å². The first-order valence-corrected chi connectivity index (χ1v) is 14.3. The molecule has 12 heteroatoms. The molecule has 0 radical (unpaired) electrons. The fraction of sp³-hybridized carbons (Fsp3) is 0.333. The van der Waals surface area contributed by atoms with Crippen LogP contribution in [0.2, 0.25) is 10.0 Å². The Labute approximate surface area is 253 Å². The molecule has 218 valence electrons. The summed E-state index contributed by atoms with van der Waals surface area (Å²) in [4.78, 5) is 24.4. The molecule has 0 spiro atoms. The Balaban J connectivity index is 1.64. The minimum absolute atomic E-state index is 0.0411. The monoisotopic (exact) mass is 609 g/mol. The summed E-state index contributed by atoms with van der Waals surface area (Å²) in [5.41, 5.74) is 9.93. The zero-order valence-corrected chi connectivity index (χ0v) is 24.2. The molecule has 2 atom stereocenters. The predicted octanol–water partition coefficient (Wildman–Crippen LogP) is 6.05. The smallest absolute Gasteiger partial charge is 0.255 e. The highest BCUT2D eigenvalue weighted by Gasteiger charge is 2.55. The zero-order valence-electron chi connectivity index (χ0n) is 22.7. The Morgan fingerprint density at radius 2 is 1.90 bits per heavy atom. The Bertz CT molecular complexity index is 1510. The first kappa shape index (κ1) is 29.7. The molecule has 5 rings (SSSR count). The lowest BCUT2D eigenvalue weighted by atomic mass is 9.81. The highest BCUT2D eigenvalue weighted by molar-refractivity contribution is 6.35. The molecule has 2 heterocycles. The van der Waals surface area contributed by atoms with E-state index in [1.807, 2.05) is 12.1 Å². The number of amides is 1. The van der Waals surface area contributed by atoms with Crippen LogP contribution in [0.25, 0.3) is 10.4 Å². The van der Waals surface area contributed by atoms with Crippen LogP contribution in [0.3, 0.4) is 0 Å². The number of carbonyl (C=O) groups excluding carboxylic acids is 1. The minimum atomic E-state index is -1.50. The van der Waals surface area contributed by atoms with Gasteiger partial charge in [-0.05, 0) is 47.5 Å². The number of aliphatic hydroxyl groups is 1. The normalized spacial score (nSPS) is 19.9. The number of halogens is 2. The highest BCUT2D eigenvalue weighted by atomic mass is 35.5. The van der Waals surface area contributed by atoms with Crippen LogP contribution in [0.4, 0.5) is 5.69 Å². The van der Waals surface area contributed by atoms with Crippen LogP contribution in [0.1, 0.15) is 29.2 Å². The lowest BCUT2D eigenvalue weighted by Crippen LogP contribution is -2.54. The maximum absolute atomic E-state index is 14.6. The number of benzene rings is 3. The largest absolute Gasteiger partial charge is 0.494 e. The van der Waals surface area contributed by atoms with E-state index in [2.05, 4.69) is 10.0 Å². The molecule has 10 nitrogen and oxygen atoms in total. The summed E-state index contributed by atoms with van der Waals surface area (Å²) in [5.74, 6) is 0.634. The van der Waals surface area contributed by atoms with E-state index in [1.165, 1.54) is 0 Å². The van der Waals surface area contributed by atoms with Crippen molar-refractivity contribution < 1.29 is 24.1 Å². The second-order valence-corrected chi connectivity index (χ2v) is 10.7. The Morgan fingerprint density at radius 3 is 2.62 bits per heavy atom. The standard InChI is InChI=1S/C30H29Cl2N5O5/c31-22-8-11-24(25(32)18-22)27-30(29(39)37-12-16-40-17-13-37,19-21-4-1-2-5-26(21)35-36-33)34-28(42-27)20-6-9-23(10-7-20)41-15-3-14-38/h1-2,4-11,18,27,38H,3,12-17,19H2/t27-,30-/m1/s1. The topological polar surface area (TPSA) is 129 Å². The fourth-order valence-electron chi connectivity index (χ4n) is 5.10. The summed E-state index contributed by atoms with van der Waals surface area (Å²) in [5, 5.41) is 13.7. The van der Waals surface area contributed by atoms with Gasteiger partial charge in [0.25, 0.3) is 5.91 Å². The first-order chi connectivity index (χ1) is 20.4. The van der Waals surface area contributed by atoms with E-state index in [0.29, 0.717) is 77.5 Å². The molecular formula is C30H29Cl2N5O5. The van der Waals surface area contributed by atoms with Gasteiger partial charge in [0.15, 0.2) is 11.6 Å². The molecule has 0 bridgehead atoms. The number of ether oxygens (including phenoxy) is 3. The van der Waals surface area contributed by atoms with Gasteiger partial charge >= 0.3 is 0 Å². The first-order valence-electron chi connectivity index (χ1n) is 13.5. The number of aliphatic hydroxyl groups excluding tert-OH is 1. The van der Waals surface area contributed by atoms with Crippen molar-refractivity contribution in [3.05, 3.63) is 104 Å². The minimum Gasteiger partial charge on any atom is -0.494 e. The molecule has 2 aliphatic heterocycles. The van der Waals surface area contributed by atoms with Crippen molar-refractivity contribution in [2.75, 3.05) is 39.5 Å². The van der Waals surface area contributed by atoms with Crippen LogP contribution in [0.5, 0.6) is 5.75 Å². The van der Waals surface area contributed by atoms with E-state index in [1.54, 1.807) is 59.5 Å². The number of azide groups is 1. The van der Waals surface area contributed by atoms with Crippen molar-refractivity contribution in [1.82, 2.24) is 4.90 Å². The van der Waals surface area contributed by atoms with Gasteiger partial charge in [0.1, 0.15) is 5.75 Å². The van der Waals surface area contributed by atoms with Crippen LogP contribution >= 0.6 is 23.2 Å². The average Bonchev–Trinajstić information content (AvgIpc) is 3.38. The Morgan fingerprint density at radius 1 is 1.14 bits per heavy atom. The number of aliphatic imine (C=N–C) groups is 1. The number of hydrogen-bond donors (Lipinski definition) is 1. The fourth-order valence-corrected chi connectivity index (χ4v) is 5.60. The second kappa shape index (κ2) is 13.5. The lowest BCUT2D eigenvalue weighted by molar-refractivity contribution is -0.143. The van der Waals surface area contributed by atoms with E-state index >= 15 is 0 Å². The van der Waals surface area contributed by atoms with Gasteiger partial charge in [-0.25, -0.2) is 4.99 Å². The molecule has 3 aromatic carbocycles. The maximum atomic E-state index is 14.6.